The molecule has 1 saturated heterocycles. The molecule has 0 bridgehead atoms. The molecular weight excluding hydrogens is 360 g/mol. The zero-order valence-electron chi connectivity index (χ0n) is 14.3. The Morgan fingerprint density at radius 1 is 1.27 bits per heavy atom. The lowest BCUT2D eigenvalue weighted by atomic mass is 9.85. The molecule has 8 nitrogen and oxygen atoms in total. The molecule has 5 amide bonds. The Bertz CT molecular complexity index is 769. The quantitative estimate of drug-likeness (QED) is 0.491. The highest BCUT2D eigenvalue weighted by Gasteiger charge is 2.49. The number of carbonyl (C=O) groups is 4. The lowest BCUT2D eigenvalue weighted by Crippen LogP contribution is -2.46. The first-order valence-electron chi connectivity index (χ1n) is 8.49. The summed E-state index contributed by atoms with van der Waals surface area (Å²) < 4.78 is 0. The summed E-state index contributed by atoms with van der Waals surface area (Å²) in [5.41, 5.74) is 0.266. The summed E-state index contributed by atoms with van der Waals surface area (Å²) in [7, 11) is 0. The lowest BCUT2D eigenvalue weighted by Gasteiger charge is -2.34. The van der Waals surface area contributed by atoms with Crippen LogP contribution in [-0.2, 0) is 14.4 Å². The van der Waals surface area contributed by atoms with E-state index in [2.05, 4.69) is 10.3 Å². The minimum Gasteiger partial charge on any atom is -0.322 e. The second kappa shape index (κ2) is 7.41. The molecule has 26 heavy (non-hydrogen) atoms. The van der Waals surface area contributed by atoms with Gasteiger partial charge in [0, 0.05) is 12.2 Å². The van der Waals surface area contributed by atoms with E-state index in [9.17, 15) is 19.2 Å². The molecule has 2 heterocycles. The van der Waals surface area contributed by atoms with Gasteiger partial charge in [-0.15, -0.1) is 0 Å². The molecule has 3 rings (SSSR count). The number of nitrogens with zero attached hydrogens (tertiary/aromatic N) is 3. The van der Waals surface area contributed by atoms with E-state index in [1.165, 1.54) is 6.20 Å². The van der Waals surface area contributed by atoms with Crippen LogP contribution in [-0.4, -0.2) is 51.1 Å². The molecule has 1 aliphatic carbocycles. The second-order valence-corrected chi connectivity index (χ2v) is 6.93. The predicted octanol–water partition coefficient (Wildman–Crippen LogP) is 2.04. The van der Waals surface area contributed by atoms with Gasteiger partial charge in [-0.1, -0.05) is 31.4 Å². The smallest absolute Gasteiger partial charge is 0.322 e. The SMILES string of the molecule is C[C@H]1CCCC[C@@H]1N1C(=O)C(=O)N(CC(=O)Nc2cccnc2Cl)C1=O. The van der Waals surface area contributed by atoms with Crippen molar-refractivity contribution in [3.8, 4) is 0 Å². The van der Waals surface area contributed by atoms with E-state index < -0.39 is 30.3 Å². The van der Waals surface area contributed by atoms with E-state index in [4.69, 9.17) is 11.6 Å². The summed E-state index contributed by atoms with van der Waals surface area (Å²) in [6, 6.07) is 2.10. The van der Waals surface area contributed by atoms with E-state index in [0.29, 0.717) is 11.3 Å². The van der Waals surface area contributed by atoms with Crippen LogP contribution in [0.4, 0.5) is 10.5 Å². The third-order valence-corrected chi connectivity index (χ3v) is 5.12. The Morgan fingerprint density at radius 2 is 2.00 bits per heavy atom. The van der Waals surface area contributed by atoms with Gasteiger partial charge in [0.15, 0.2) is 5.15 Å². The van der Waals surface area contributed by atoms with E-state index in [-0.39, 0.29) is 22.8 Å². The van der Waals surface area contributed by atoms with E-state index in [1.807, 2.05) is 6.92 Å². The number of pyridine rings is 1. The summed E-state index contributed by atoms with van der Waals surface area (Å²) in [4.78, 5) is 54.9. The van der Waals surface area contributed by atoms with Crippen LogP contribution in [0.2, 0.25) is 5.15 Å². The zero-order chi connectivity index (χ0) is 18.8. The molecule has 0 aromatic carbocycles. The van der Waals surface area contributed by atoms with Crippen LogP contribution in [0.15, 0.2) is 18.3 Å². The maximum Gasteiger partial charge on any atom is 0.334 e. The van der Waals surface area contributed by atoms with Crippen LogP contribution < -0.4 is 5.32 Å². The number of anilines is 1. The largest absolute Gasteiger partial charge is 0.334 e. The standard InChI is InChI=1S/C17H19ClN4O4/c1-10-5-2-3-7-12(10)22-16(25)15(24)21(17(22)26)9-13(23)20-11-6-4-8-19-14(11)18/h4,6,8,10,12H,2-3,5,7,9H2,1H3,(H,20,23)/t10-,12-/m0/s1. The van der Waals surface area contributed by atoms with Crippen molar-refractivity contribution < 1.29 is 19.2 Å². The van der Waals surface area contributed by atoms with Gasteiger partial charge in [0.25, 0.3) is 0 Å². The van der Waals surface area contributed by atoms with Crippen LogP contribution in [0, 0.1) is 5.92 Å². The lowest BCUT2D eigenvalue weighted by molar-refractivity contribution is -0.145. The Hall–Kier alpha value is -2.48. The molecule has 1 aliphatic heterocycles. The van der Waals surface area contributed by atoms with Crippen molar-refractivity contribution in [2.45, 2.75) is 38.6 Å². The molecule has 1 aromatic heterocycles. The van der Waals surface area contributed by atoms with Crippen LogP contribution in [0.5, 0.6) is 0 Å². The molecule has 1 aromatic rings. The Labute approximate surface area is 155 Å². The molecule has 2 aliphatic rings. The van der Waals surface area contributed by atoms with Gasteiger partial charge in [-0.3, -0.25) is 19.3 Å². The molecule has 0 radical (unpaired) electrons. The number of nitrogens with one attached hydrogen (secondary N) is 1. The van der Waals surface area contributed by atoms with Crippen molar-refractivity contribution in [3.05, 3.63) is 23.5 Å². The summed E-state index contributed by atoms with van der Waals surface area (Å²) in [5.74, 6) is -2.33. The normalized spacial score (nSPS) is 23.5. The number of carbonyl (C=O) groups excluding carboxylic acids is 4. The molecule has 0 unspecified atom stereocenters. The zero-order valence-corrected chi connectivity index (χ0v) is 15.0. The fraction of sp³-hybridized carbons (Fsp3) is 0.471. The topological polar surface area (TPSA) is 99.7 Å². The number of imide groups is 2. The number of hydrogen-bond acceptors (Lipinski definition) is 5. The van der Waals surface area contributed by atoms with Gasteiger partial charge >= 0.3 is 17.8 Å². The molecule has 9 heteroatoms. The Morgan fingerprint density at radius 3 is 2.69 bits per heavy atom. The van der Waals surface area contributed by atoms with Gasteiger partial charge in [-0.25, -0.2) is 14.7 Å². The molecule has 1 N–H and O–H groups in total. The number of aromatic nitrogens is 1. The Balaban J connectivity index is 1.71. The average molecular weight is 379 g/mol. The minimum absolute atomic E-state index is 0.0914. The number of amides is 5. The predicted molar refractivity (Wildman–Crippen MR) is 93.3 cm³/mol. The van der Waals surface area contributed by atoms with E-state index in [1.54, 1.807) is 12.1 Å². The monoisotopic (exact) mass is 378 g/mol. The van der Waals surface area contributed by atoms with Crippen molar-refractivity contribution >= 4 is 41.0 Å². The summed E-state index contributed by atoms with van der Waals surface area (Å²) >= 11 is 5.87. The van der Waals surface area contributed by atoms with Crippen molar-refractivity contribution in [1.29, 1.82) is 0 Å². The van der Waals surface area contributed by atoms with Crippen molar-refractivity contribution in [1.82, 2.24) is 14.8 Å². The second-order valence-electron chi connectivity index (χ2n) is 6.57. The first-order valence-corrected chi connectivity index (χ1v) is 8.87. The van der Waals surface area contributed by atoms with Crippen molar-refractivity contribution in [2.24, 2.45) is 5.92 Å². The fourth-order valence-electron chi connectivity index (χ4n) is 3.45. The number of halogens is 1. The fourth-order valence-corrected chi connectivity index (χ4v) is 3.61. The minimum atomic E-state index is -0.972. The summed E-state index contributed by atoms with van der Waals surface area (Å²) in [5, 5.41) is 2.58. The molecule has 0 spiro atoms. The summed E-state index contributed by atoms with van der Waals surface area (Å²) in [6.07, 6.45) is 4.99. The van der Waals surface area contributed by atoms with Crippen LogP contribution in [0.25, 0.3) is 0 Å². The van der Waals surface area contributed by atoms with Crippen molar-refractivity contribution in [3.63, 3.8) is 0 Å². The number of hydrogen-bond donors (Lipinski definition) is 1. The highest BCUT2D eigenvalue weighted by molar-refractivity contribution is 6.45. The van der Waals surface area contributed by atoms with E-state index in [0.717, 1.165) is 24.2 Å². The number of urea groups is 1. The highest BCUT2D eigenvalue weighted by Crippen LogP contribution is 2.31. The van der Waals surface area contributed by atoms with Gasteiger partial charge in [0.2, 0.25) is 5.91 Å². The number of rotatable bonds is 4. The maximum absolute atomic E-state index is 12.6. The average Bonchev–Trinajstić information content (AvgIpc) is 2.81. The maximum atomic E-state index is 12.6. The first kappa shape index (κ1) is 18.3. The van der Waals surface area contributed by atoms with Crippen molar-refractivity contribution in [2.75, 3.05) is 11.9 Å². The first-order chi connectivity index (χ1) is 12.4. The van der Waals surface area contributed by atoms with Gasteiger partial charge < -0.3 is 5.32 Å². The van der Waals surface area contributed by atoms with Gasteiger partial charge in [-0.2, -0.15) is 0 Å². The summed E-state index contributed by atoms with van der Waals surface area (Å²) in [6.45, 7) is 1.42. The van der Waals surface area contributed by atoms with Crippen LogP contribution in [0.1, 0.15) is 32.6 Å². The highest BCUT2D eigenvalue weighted by atomic mass is 35.5. The molecule has 2 fully saturated rings. The van der Waals surface area contributed by atoms with Gasteiger partial charge in [0.1, 0.15) is 6.54 Å². The Kier molecular flexibility index (Phi) is 5.22. The van der Waals surface area contributed by atoms with Crippen LogP contribution >= 0.6 is 11.6 Å². The molecule has 138 valence electrons. The third kappa shape index (κ3) is 3.41. The van der Waals surface area contributed by atoms with Crippen LogP contribution in [0.3, 0.4) is 0 Å². The molecule has 2 atom stereocenters. The molecule has 1 saturated carbocycles. The molecular formula is C17H19ClN4O4. The third-order valence-electron chi connectivity index (χ3n) is 4.82. The van der Waals surface area contributed by atoms with Gasteiger partial charge in [0.05, 0.1) is 5.69 Å². The van der Waals surface area contributed by atoms with Gasteiger partial charge in [-0.05, 0) is 30.9 Å². The van der Waals surface area contributed by atoms with E-state index >= 15 is 0 Å².